The third kappa shape index (κ3) is 3.69. The van der Waals surface area contributed by atoms with Gasteiger partial charge in [0.25, 0.3) is 5.91 Å². The Morgan fingerprint density at radius 2 is 1.73 bits per heavy atom. The lowest BCUT2D eigenvalue weighted by molar-refractivity contribution is -0.143. The molecule has 33 heavy (non-hydrogen) atoms. The third-order valence-electron chi connectivity index (χ3n) is 6.02. The van der Waals surface area contributed by atoms with E-state index >= 15 is 0 Å². The van der Waals surface area contributed by atoms with Crippen molar-refractivity contribution in [1.82, 2.24) is 4.90 Å². The maximum atomic E-state index is 13.5. The van der Waals surface area contributed by atoms with Gasteiger partial charge in [-0.3, -0.25) is 19.3 Å². The zero-order valence-corrected chi connectivity index (χ0v) is 18.5. The quantitative estimate of drug-likeness (QED) is 0.573. The van der Waals surface area contributed by atoms with Gasteiger partial charge in [-0.15, -0.1) is 0 Å². The van der Waals surface area contributed by atoms with Crippen LogP contribution >= 0.6 is 11.6 Å². The largest absolute Gasteiger partial charge is 0.504 e. The molecule has 0 spiro atoms. The smallest absolute Gasteiger partial charge is 0.262 e. The van der Waals surface area contributed by atoms with Crippen LogP contribution in [0, 0.1) is 5.92 Å². The molecule has 7 nitrogen and oxygen atoms in total. The van der Waals surface area contributed by atoms with Crippen molar-refractivity contribution in [1.29, 1.82) is 0 Å². The molecule has 0 aromatic heterocycles. The number of benzene rings is 3. The number of carbonyl (C=O) groups excluding carboxylic acids is 2. The summed E-state index contributed by atoms with van der Waals surface area (Å²) in [5, 5.41) is 12.2. The van der Waals surface area contributed by atoms with Crippen molar-refractivity contribution in [2.24, 2.45) is 5.92 Å². The molecule has 0 aliphatic carbocycles. The van der Waals surface area contributed by atoms with E-state index in [1.54, 1.807) is 41.5 Å². The molecule has 2 fully saturated rings. The number of imide groups is 1. The van der Waals surface area contributed by atoms with Crippen LogP contribution < -0.4 is 9.80 Å². The lowest BCUT2D eigenvalue weighted by Crippen LogP contribution is -2.36. The number of hydrogen-bond acceptors (Lipinski definition) is 6. The molecule has 2 saturated heterocycles. The SMILES string of the molecule is COc1cc([C@@H]2[C@@H]3C(=O)N(Cc4ccccc4)C(=O)[C@H]3ON2c2ccc(Cl)cc2)ccc1O. The van der Waals surface area contributed by atoms with E-state index in [2.05, 4.69) is 0 Å². The Kier molecular flexibility index (Phi) is 5.44. The first kappa shape index (κ1) is 21.3. The molecular weight excluding hydrogens is 444 g/mol. The van der Waals surface area contributed by atoms with Crippen LogP contribution in [0.2, 0.25) is 5.02 Å². The summed E-state index contributed by atoms with van der Waals surface area (Å²) >= 11 is 6.05. The van der Waals surface area contributed by atoms with E-state index in [0.29, 0.717) is 16.3 Å². The Morgan fingerprint density at radius 3 is 2.42 bits per heavy atom. The first-order valence-electron chi connectivity index (χ1n) is 10.5. The third-order valence-corrected chi connectivity index (χ3v) is 6.27. The van der Waals surface area contributed by atoms with Gasteiger partial charge >= 0.3 is 0 Å². The highest BCUT2D eigenvalue weighted by Gasteiger charge is 2.59. The fourth-order valence-corrected chi connectivity index (χ4v) is 4.55. The van der Waals surface area contributed by atoms with Crippen molar-refractivity contribution < 1.29 is 24.3 Å². The summed E-state index contributed by atoms with van der Waals surface area (Å²) in [6.45, 7) is 0.182. The monoisotopic (exact) mass is 464 g/mol. The number of aromatic hydroxyl groups is 1. The van der Waals surface area contributed by atoms with Gasteiger partial charge in [-0.05, 0) is 47.5 Å². The van der Waals surface area contributed by atoms with Crippen LogP contribution in [0.25, 0.3) is 0 Å². The average molecular weight is 465 g/mol. The van der Waals surface area contributed by atoms with E-state index in [4.69, 9.17) is 21.2 Å². The van der Waals surface area contributed by atoms with Crippen LogP contribution in [0.3, 0.4) is 0 Å². The van der Waals surface area contributed by atoms with E-state index < -0.39 is 18.1 Å². The predicted molar refractivity (Wildman–Crippen MR) is 122 cm³/mol. The van der Waals surface area contributed by atoms with Crippen LogP contribution in [-0.2, 0) is 21.0 Å². The number of fused-ring (bicyclic) bond motifs is 1. The molecular formula is C25H21ClN2O5. The van der Waals surface area contributed by atoms with Crippen molar-refractivity contribution >= 4 is 29.1 Å². The standard InChI is InChI=1S/C25H21ClN2O5/c1-32-20-13-16(7-12-19(20)29)22-21-23(33-28(22)18-10-8-17(26)9-11-18)25(31)27(24(21)30)14-15-5-3-2-4-6-15/h2-13,21-23,29H,14H2,1H3/t21-,22+,23-/m0/s1. The van der Waals surface area contributed by atoms with Gasteiger partial charge in [0, 0.05) is 5.02 Å². The number of methoxy groups -OCH3 is 1. The molecule has 8 heteroatoms. The molecule has 0 bridgehead atoms. The molecule has 5 rings (SSSR count). The van der Waals surface area contributed by atoms with Crippen molar-refractivity contribution in [3.63, 3.8) is 0 Å². The Labute approximate surface area is 195 Å². The molecule has 0 radical (unpaired) electrons. The molecule has 0 unspecified atom stereocenters. The highest BCUT2D eigenvalue weighted by molar-refractivity contribution is 6.30. The minimum Gasteiger partial charge on any atom is -0.504 e. The predicted octanol–water partition coefficient (Wildman–Crippen LogP) is 4.10. The zero-order chi connectivity index (χ0) is 23.1. The van der Waals surface area contributed by atoms with Crippen LogP contribution in [0.15, 0.2) is 72.8 Å². The summed E-state index contributed by atoms with van der Waals surface area (Å²) in [7, 11) is 1.45. The number of anilines is 1. The zero-order valence-electron chi connectivity index (χ0n) is 17.7. The Morgan fingerprint density at radius 1 is 1.00 bits per heavy atom. The average Bonchev–Trinajstić information content (AvgIpc) is 3.33. The second kappa shape index (κ2) is 8.42. The van der Waals surface area contributed by atoms with Gasteiger partial charge in [0.2, 0.25) is 5.91 Å². The normalized spacial score (nSPS) is 22.1. The van der Waals surface area contributed by atoms with Crippen molar-refractivity contribution in [2.75, 3.05) is 12.2 Å². The van der Waals surface area contributed by atoms with Gasteiger partial charge in [-0.25, -0.2) is 5.06 Å². The van der Waals surface area contributed by atoms with E-state index in [0.717, 1.165) is 5.56 Å². The number of phenols is 1. The first-order valence-corrected chi connectivity index (χ1v) is 10.8. The molecule has 2 aliphatic heterocycles. The number of amides is 2. The second-order valence-corrected chi connectivity index (χ2v) is 8.41. The molecule has 1 N–H and O–H groups in total. The van der Waals surface area contributed by atoms with Gasteiger partial charge in [0.15, 0.2) is 17.6 Å². The highest BCUT2D eigenvalue weighted by atomic mass is 35.5. The summed E-state index contributed by atoms with van der Waals surface area (Å²) in [5.74, 6) is -1.19. The summed E-state index contributed by atoms with van der Waals surface area (Å²) in [6.07, 6.45) is -0.957. The number of carbonyl (C=O) groups is 2. The number of hydrogen-bond donors (Lipinski definition) is 1. The van der Waals surface area contributed by atoms with Crippen molar-refractivity contribution in [3.05, 3.63) is 88.9 Å². The number of likely N-dealkylation sites (tertiary alicyclic amines) is 1. The van der Waals surface area contributed by atoms with E-state index in [-0.39, 0.29) is 29.9 Å². The lowest BCUT2D eigenvalue weighted by Gasteiger charge is -2.29. The molecule has 3 atom stereocenters. The van der Waals surface area contributed by atoms with Crippen LogP contribution in [-0.4, -0.2) is 35.0 Å². The van der Waals surface area contributed by atoms with E-state index in [9.17, 15) is 14.7 Å². The maximum absolute atomic E-state index is 13.5. The Balaban J connectivity index is 1.55. The number of halogens is 1. The van der Waals surface area contributed by atoms with Crippen molar-refractivity contribution in [2.45, 2.75) is 18.7 Å². The number of nitrogens with zero attached hydrogens (tertiary/aromatic N) is 2. The van der Waals surface area contributed by atoms with Gasteiger partial charge in [0.1, 0.15) is 5.92 Å². The fraction of sp³-hybridized carbons (Fsp3) is 0.200. The molecule has 2 aliphatic rings. The van der Waals surface area contributed by atoms with Crippen LogP contribution in [0.4, 0.5) is 5.69 Å². The summed E-state index contributed by atoms with van der Waals surface area (Å²) in [5.41, 5.74) is 2.19. The van der Waals surface area contributed by atoms with Crippen molar-refractivity contribution in [3.8, 4) is 11.5 Å². The maximum Gasteiger partial charge on any atom is 0.262 e. The second-order valence-electron chi connectivity index (χ2n) is 7.98. The molecule has 3 aromatic carbocycles. The molecule has 2 heterocycles. The minimum absolute atomic E-state index is 0.0192. The Hall–Kier alpha value is -3.55. The summed E-state index contributed by atoms with van der Waals surface area (Å²) in [6, 6.07) is 20.6. The topological polar surface area (TPSA) is 79.3 Å². The van der Waals surface area contributed by atoms with Gasteiger partial charge < -0.3 is 9.84 Å². The number of ether oxygens (including phenoxy) is 1. The fourth-order valence-electron chi connectivity index (χ4n) is 4.42. The molecule has 2 amide bonds. The summed E-state index contributed by atoms with van der Waals surface area (Å²) in [4.78, 5) is 34.2. The van der Waals surface area contributed by atoms with E-state index in [1.165, 1.54) is 18.1 Å². The number of hydroxylamine groups is 1. The number of phenolic OH excluding ortho intramolecular Hbond substituents is 1. The van der Waals surface area contributed by atoms with Crippen LogP contribution in [0.1, 0.15) is 17.2 Å². The summed E-state index contributed by atoms with van der Waals surface area (Å²) < 4.78 is 5.27. The van der Waals surface area contributed by atoms with E-state index in [1.807, 2.05) is 30.3 Å². The molecule has 3 aromatic rings. The minimum atomic E-state index is -0.957. The van der Waals surface area contributed by atoms with Gasteiger partial charge in [-0.1, -0.05) is 48.0 Å². The molecule has 0 saturated carbocycles. The van der Waals surface area contributed by atoms with Crippen LogP contribution in [0.5, 0.6) is 11.5 Å². The lowest BCUT2D eigenvalue weighted by atomic mass is 9.90. The Bertz CT molecular complexity index is 1200. The van der Waals surface area contributed by atoms with Gasteiger partial charge in [-0.2, -0.15) is 0 Å². The number of rotatable bonds is 5. The highest BCUT2D eigenvalue weighted by Crippen LogP contribution is 2.48. The molecule has 168 valence electrons. The van der Waals surface area contributed by atoms with Gasteiger partial charge in [0.05, 0.1) is 25.4 Å². The first-order chi connectivity index (χ1) is 16.0.